The fourth-order valence-corrected chi connectivity index (χ4v) is 2.88. The van der Waals surface area contributed by atoms with Gasteiger partial charge in [-0.05, 0) is 30.5 Å². The summed E-state index contributed by atoms with van der Waals surface area (Å²) in [7, 11) is 0. The third kappa shape index (κ3) is 3.87. The summed E-state index contributed by atoms with van der Waals surface area (Å²) in [5, 5.41) is 13.7. The van der Waals surface area contributed by atoms with Crippen molar-refractivity contribution in [2.24, 2.45) is 0 Å². The number of aromatic nitrogens is 1. The van der Waals surface area contributed by atoms with E-state index in [0.717, 1.165) is 18.5 Å². The number of nitrogens with one attached hydrogen (secondary N) is 1. The molecule has 2 aromatic rings. The summed E-state index contributed by atoms with van der Waals surface area (Å²) >= 11 is 0. The summed E-state index contributed by atoms with van der Waals surface area (Å²) in [5.74, 6) is -0.212. The molecule has 1 aromatic carbocycles. The van der Waals surface area contributed by atoms with Crippen molar-refractivity contribution in [2.45, 2.75) is 25.0 Å². The van der Waals surface area contributed by atoms with Crippen LogP contribution in [0.3, 0.4) is 0 Å². The van der Waals surface area contributed by atoms with E-state index in [-0.39, 0.29) is 5.91 Å². The van der Waals surface area contributed by atoms with Crippen LogP contribution < -0.4 is 5.32 Å². The highest BCUT2D eigenvalue weighted by molar-refractivity contribution is 5.82. The second-order valence-corrected chi connectivity index (χ2v) is 5.80. The van der Waals surface area contributed by atoms with Crippen molar-refractivity contribution < 1.29 is 9.90 Å². The number of amides is 1. The van der Waals surface area contributed by atoms with E-state index in [1.165, 1.54) is 0 Å². The van der Waals surface area contributed by atoms with Crippen LogP contribution >= 0.6 is 0 Å². The van der Waals surface area contributed by atoms with Gasteiger partial charge in [-0.1, -0.05) is 30.3 Å². The quantitative estimate of drug-likeness (QED) is 0.908. The minimum atomic E-state index is -1.07. The van der Waals surface area contributed by atoms with Crippen molar-refractivity contribution in [3.63, 3.8) is 0 Å². The van der Waals surface area contributed by atoms with Crippen LogP contribution in [0.15, 0.2) is 54.9 Å². The van der Waals surface area contributed by atoms with Crippen LogP contribution in [0.5, 0.6) is 0 Å². The smallest absolute Gasteiger partial charge is 0.256 e. The number of hydrogen-bond acceptors (Lipinski definition) is 4. The lowest BCUT2D eigenvalue weighted by Gasteiger charge is -2.34. The predicted octanol–water partition coefficient (Wildman–Crippen LogP) is 2.22. The molecule has 1 aliphatic heterocycles. The fourth-order valence-electron chi connectivity index (χ4n) is 2.88. The molecule has 0 spiro atoms. The number of aliphatic hydroxyl groups excluding tert-OH is 1. The molecule has 1 aromatic heterocycles. The average Bonchev–Trinajstić information content (AvgIpc) is 2.63. The van der Waals surface area contributed by atoms with Gasteiger partial charge in [0.05, 0.1) is 5.69 Å². The monoisotopic (exact) mass is 311 g/mol. The van der Waals surface area contributed by atoms with Crippen LogP contribution in [0.4, 0.5) is 5.69 Å². The molecule has 5 heteroatoms. The second-order valence-electron chi connectivity index (χ2n) is 5.80. The van der Waals surface area contributed by atoms with E-state index in [1.54, 1.807) is 29.4 Å². The Labute approximate surface area is 136 Å². The van der Waals surface area contributed by atoms with Crippen molar-refractivity contribution in [3.05, 3.63) is 60.4 Å². The van der Waals surface area contributed by atoms with Gasteiger partial charge in [0, 0.05) is 31.5 Å². The Kier molecular flexibility index (Phi) is 4.88. The van der Waals surface area contributed by atoms with Gasteiger partial charge in [-0.3, -0.25) is 9.78 Å². The number of likely N-dealkylation sites (tertiary alicyclic amines) is 1. The Balaban J connectivity index is 1.53. The van der Waals surface area contributed by atoms with Gasteiger partial charge in [0.2, 0.25) is 0 Å². The van der Waals surface area contributed by atoms with E-state index in [1.807, 2.05) is 30.3 Å². The van der Waals surface area contributed by atoms with Crippen molar-refractivity contribution in [1.29, 1.82) is 0 Å². The van der Waals surface area contributed by atoms with Crippen LogP contribution in [-0.2, 0) is 4.79 Å². The number of carbonyl (C=O) groups excluding carboxylic acids is 1. The minimum absolute atomic E-state index is 0.212. The van der Waals surface area contributed by atoms with Crippen molar-refractivity contribution in [1.82, 2.24) is 9.88 Å². The van der Waals surface area contributed by atoms with E-state index < -0.39 is 6.10 Å². The third-order valence-corrected chi connectivity index (χ3v) is 4.19. The topological polar surface area (TPSA) is 65.5 Å². The van der Waals surface area contributed by atoms with E-state index >= 15 is 0 Å². The number of benzene rings is 1. The van der Waals surface area contributed by atoms with Gasteiger partial charge in [0.15, 0.2) is 6.10 Å². The molecule has 1 atom stereocenters. The highest BCUT2D eigenvalue weighted by Crippen LogP contribution is 2.20. The molecule has 0 aliphatic carbocycles. The highest BCUT2D eigenvalue weighted by atomic mass is 16.3. The first-order valence-electron chi connectivity index (χ1n) is 7.92. The van der Waals surface area contributed by atoms with Gasteiger partial charge in [0.25, 0.3) is 5.91 Å². The SMILES string of the molecule is O=C(C(O)c1ccccc1)N1CCC(Nc2cccnc2)CC1. The molecule has 23 heavy (non-hydrogen) atoms. The Hall–Kier alpha value is -2.40. The molecule has 1 saturated heterocycles. The molecule has 1 aliphatic rings. The van der Waals surface area contributed by atoms with Gasteiger partial charge in [-0.15, -0.1) is 0 Å². The van der Waals surface area contributed by atoms with Gasteiger partial charge >= 0.3 is 0 Å². The molecule has 2 N–H and O–H groups in total. The molecule has 0 saturated carbocycles. The van der Waals surface area contributed by atoms with Crippen molar-refractivity contribution in [3.8, 4) is 0 Å². The van der Waals surface area contributed by atoms with Gasteiger partial charge in [0.1, 0.15) is 0 Å². The summed E-state index contributed by atoms with van der Waals surface area (Å²) in [5.41, 5.74) is 1.65. The second kappa shape index (κ2) is 7.24. The molecule has 1 unspecified atom stereocenters. The molecule has 1 fully saturated rings. The lowest BCUT2D eigenvalue weighted by atomic mass is 10.0. The number of nitrogens with zero attached hydrogens (tertiary/aromatic N) is 2. The fraction of sp³-hybridized carbons (Fsp3) is 0.333. The summed E-state index contributed by atoms with van der Waals surface area (Å²) in [6, 6.07) is 13.3. The summed E-state index contributed by atoms with van der Waals surface area (Å²) in [6.45, 7) is 1.31. The zero-order valence-electron chi connectivity index (χ0n) is 12.9. The molecule has 1 amide bonds. The number of anilines is 1. The Morgan fingerprint density at radius 3 is 2.57 bits per heavy atom. The van der Waals surface area contributed by atoms with E-state index in [2.05, 4.69) is 10.3 Å². The van der Waals surface area contributed by atoms with E-state index in [0.29, 0.717) is 24.7 Å². The maximum atomic E-state index is 12.4. The maximum absolute atomic E-state index is 12.4. The lowest BCUT2D eigenvalue weighted by Crippen LogP contribution is -2.44. The molecule has 0 bridgehead atoms. The largest absolute Gasteiger partial charge is 0.381 e. The Morgan fingerprint density at radius 2 is 1.91 bits per heavy atom. The number of pyridine rings is 1. The Morgan fingerprint density at radius 1 is 1.17 bits per heavy atom. The van der Waals surface area contributed by atoms with Crippen LogP contribution in [0.2, 0.25) is 0 Å². The standard InChI is InChI=1S/C18H21N3O2/c22-17(14-5-2-1-3-6-14)18(23)21-11-8-15(9-12-21)20-16-7-4-10-19-13-16/h1-7,10,13,15,17,20,22H,8-9,11-12H2. The predicted molar refractivity (Wildman–Crippen MR) is 88.9 cm³/mol. The van der Waals surface area contributed by atoms with Gasteiger partial charge in [-0.25, -0.2) is 0 Å². The minimum Gasteiger partial charge on any atom is -0.381 e. The number of piperidine rings is 1. The first kappa shape index (κ1) is 15.5. The van der Waals surface area contributed by atoms with Gasteiger partial charge in [-0.2, -0.15) is 0 Å². The maximum Gasteiger partial charge on any atom is 0.256 e. The van der Waals surface area contributed by atoms with Crippen LogP contribution in [-0.4, -0.2) is 40.0 Å². The molecule has 3 rings (SSSR count). The van der Waals surface area contributed by atoms with Crippen LogP contribution in [0.1, 0.15) is 24.5 Å². The number of rotatable bonds is 4. The zero-order valence-corrected chi connectivity index (χ0v) is 12.9. The molecular weight excluding hydrogens is 290 g/mol. The summed E-state index contributed by atoms with van der Waals surface area (Å²) < 4.78 is 0. The number of carbonyl (C=O) groups is 1. The molecule has 120 valence electrons. The Bertz CT molecular complexity index is 625. The average molecular weight is 311 g/mol. The van der Waals surface area contributed by atoms with Crippen molar-refractivity contribution in [2.75, 3.05) is 18.4 Å². The lowest BCUT2D eigenvalue weighted by molar-refractivity contribution is -0.141. The van der Waals surface area contributed by atoms with Crippen LogP contribution in [0, 0.1) is 0 Å². The third-order valence-electron chi connectivity index (χ3n) is 4.19. The number of hydrogen-bond donors (Lipinski definition) is 2. The first-order chi connectivity index (χ1) is 11.2. The van der Waals surface area contributed by atoms with Crippen molar-refractivity contribution >= 4 is 11.6 Å². The van der Waals surface area contributed by atoms with E-state index in [9.17, 15) is 9.90 Å². The van der Waals surface area contributed by atoms with Crippen LogP contribution in [0.25, 0.3) is 0 Å². The van der Waals surface area contributed by atoms with E-state index in [4.69, 9.17) is 0 Å². The zero-order chi connectivity index (χ0) is 16.1. The first-order valence-corrected chi connectivity index (χ1v) is 7.92. The summed E-state index contributed by atoms with van der Waals surface area (Å²) in [4.78, 5) is 18.2. The normalized spacial score (nSPS) is 16.8. The van der Waals surface area contributed by atoms with Gasteiger partial charge < -0.3 is 15.3 Å². The molecule has 0 radical (unpaired) electrons. The molecule has 2 heterocycles. The highest BCUT2D eigenvalue weighted by Gasteiger charge is 2.27. The number of aliphatic hydroxyl groups is 1. The summed E-state index contributed by atoms with van der Waals surface area (Å²) in [6.07, 6.45) is 4.21. The molecular formula is C18H21N3O2. The molecule has 5 nitrogen and oxygen atoms in total.